The zero-order chi connectivity index (χ0) is 9.30. The molecule has 1 rings (SSSR count). The Bertz CT molecular complexity index is 339. The maximum atomic E-state index is 7.01. The van der Waals surface area contributed by atoms with Gasteiger partial charge in [0, 0.05) is 17.5 Å². The van der Waals surface area contributed by atoms with Crippen molar-refractivity contribution in [1.29, 1.82) is 5.41 Å². The fourth-order valence-corrected chi connectivity index (χ4v) is 1.22. The maximum Gasteiger partial charge on any atom is 0.116 e. The van der Waals surface area contributed by atoms with Gasteiger partial charge in [0.25, 0.3) is 0 Å². The minimum atomic E-state index is 0.240. The summed E-state index contributed by atoms with van der Waals surface area (Å²) in [7, 11) is 5.55. The monoisotopic (exact) mass is 198 g/mol. The van der Waals surface area contributed by atoms with E-state index in [1.54, 1.807) is 0 Å². The van der Waals surface area contributed by atoms with Crippen LogP contribution in [0.15, 0.2) is 6.07 Å². The van der Waals surface area contributed by atoms with Gasteiger partial charge in [-0.2, -0.15) is 0 Å². The van der Waals surface area contributed by atoms with Gasteiger partial charge in [-0.15, -0.1) is 0 Å². The Morgan fingerprint density at radius 1 is 1.50 bits per heavy atom. The Kier molecular flexibility index (Phi) is 2.65. The SMILES string of the molecule is [B]c1c(Cl)c(Cl)cc(N)c1C=N. The van der Waals surface area contributed by atoms with E-state index in [1.165, 1.54) is 6.07 Å². The largest absolute Gasteiger partial charge is 0.398 e. The molecule has 0 saturated heterocycles. The Balaban J connectivity index is 3.51. The summed E-state index contributed by atoms with van der Waals surface area (Å²) in [5.41, 5.74) is 6.54. The van der Waals surface area contributed by atoms with Gasteiger partial charge in [-0.25, -0.2) is 0 Å². The van der Waals surface area contributed by atoms with Gasteiger partial charge in [-0.1, -0.05) is 28.7 Å². The summed E-state index contributed by atoms with van der Waals surface area (Å²) in [6.45, 7) is 0. The summed E-state index contributed by atoms with van der Waals surface area (Å²) in [4.78, 5) is 0. The highest BCUT2D eigenvalue weighted by molar-refractivity contribution is 6.52. The number of hydrogen-bond acceptors (Lipinski definition) is 2. The molecule has 0 saturated carbocycles. The number of hydrogen-bond donors (Lipinski definition) is 2. The van der Waals surface area contributed by atoms with Crippen LogP contribution in [0, 0.1) is 5.41 Å². The quantitative estimate of drug-likeness (QED) is 0.400. The first-order chi connectivity index (χ1) is 5.57. The van der Waals surface area contributed by atoms with Crippen molar-refractivity contribution in [2.24, 2.45) is 0 Å². The summed E-state index contributed by atoms with van der Waals surface area (Å²) >= 11 is 11.4. The Labute approximate surface area is 81.6 Å². The molecule has 60 valence electrons. The lowest BCUT2D eigenvalue weighted by Gasteiger charge is -2.07. The summed E-state index contributed by atoms with van der Waals surface area (Å²) in [6, 6.07) is 1.47. The van der Waals surface area contributed by atoms with Gasteiger partial charge in [-0.05, 0) is 6.07 Å². The standard InChI is InChI=1S/C7H5BCl2N2/c8-6-3(2-11)5(12)1-4(9)7(6)10/h1-2,11H,12H2. The highest BCUT2D eigenvalue weighted by Crippen LogP contribution is 2.23. The van der Waals surface area contributed by atoms with Crippen molar-refractivity contribution in [3.63, 3.8) is 0 Å². The predicted octanol–water partition coefficient (Wildman–Crippen LogP) is 1.37. The molecule has 0 aromatic heterocycles. The highest BCUT2D eigenvalue weighted by atomic mass is 35.5. The number of nitrogen functional groups attached to an aromatic ring is 1. The van der Waals surface area contributed by atoms with Gasteiger partial charge in [0.15, 0.2) is 0 Å². The zero-order valence-corrected chi connectivity index (χ0v) is 7.58. The summed E-state index contributed by atoms with van der Waals surface area (Å²) in [5, 5.41) is 7.55. The van der Waals surface area contributed by atoms with E-state index in [2.05, 4.69) is 0 Å². The van der Waals surface area contributed by atoms with Gasteiger partial charge >= 0.3 is 0 Å². The summed E-state index contributed by atoms with van der Waals surface area (Å²) in [5.74, 6) is 0. The summed E-state index contributed by atoms with van der Waals surface area (Å²) < 4.78 is 0. The molecule has 2 radical (unpaired) electrons. The molecule has 5 heteroatoms. The van der Waals surface area contributed by atoms with Crippen LogP contribution in [-0.2, 0) is 0 Å². The molecule has 0 aliphatic rings. The third-order valence-corrected chi connectivity index (χ3v) is 2.28. The second-order valence-corrected chi connectivity index (χ2v) is 3.02. The minimum Gasteiger partial charge on any atom is -0.398 e. The highest BCUT2D eigenvalue weighted by Gasteiger charge is 2.07. The molecule has 12 heavy (non-hydrogen) atoms. The first-order valence-corrected chi connectivity index (χ1v) is 3.87. The Morgan fingerprint density at radius 3 is 2.58 bits per heavy atom. The number of rotatable bonds is 1. The molecule has 0 heterocycles. The van der Waals surface area contributed by atoms with E-state index in [4.69, 9.17) is 42.2 Å². The molecular formula is C7H5BCl2N2. The van der Waals surface area contributed by atoms with Crippen LogP contribution in [0.3, 0.4) is 0 Å². The number of nitrogens with one attached hydrogen (secondary N) is 1. The molecule has 3 N–H and O–H groups in total. The molecule has 0 unspecified atom stereocenters. The average molecular weight is 199 g/mol. The van der Waals surface area contributed by atoms with Crippen LogP contribution in [0.4, 0.5) is 5.69 Å². The number of nitrogens with two attached hydrogens (primary N) is 1. The van der Waals surface area contributed by atoms with Crippen molar-refractivity contribution in [1.82, 2.24) is 0 Å². The van der Waals surface area contributed by atoms with Crippen LogP contribution < -0.4 is 11.2 Å². The lowest BCUT2D eigenvalue weighted by Crippen LogP contribution is -2.14. The van der Waals surface area contributed by atoms with Crippen molar-refractivity contribution in [2.45, 2.75) is 0 Å². The minimum absolute atomic E-state index is 0.240. The fraction of sp³-hybridized carbons (Fsp3) is 0. The van der Waals surface area contributed by atoms with Crippen LogP contribution in [0.25, 0.3) is 0 Å². The fourth-order valence-electron chi connectivity index (χ4n) is 0.841. The van der Waals surface area contributed by atoms with Gasteiger partial charge in [-0.3, -0.25) is 0 Å². The smallest absolute Gasteiger partial charge is 0.116 e. The topological polar surface area (TPSA) is 49.9 Å². The van der Waals surface area contributed by atoms with Crippen LogP contribution in [0.5, 0.6) is 0 Å². The first kappa shape index (κ1) is 9.42. The van der Waals surface area contributed by atoms with Crippen LogP contribution in [-0.4, -0.2) is 14.1 Å². The molecule has 0 aliphatic heterocycles. The number of anilines is 1. The molecular weight excluding hydrogens is 194 g/mol. The normalized spacial score (nSPS) is 9.83. The van der Waals surface area contributed by atoms with E-state index in [0.29, 0.717) is 16.3 Å². The van der Waals surface area contributed by atoms with Crippen molar-refractivity contribution >= 4 is 48.4 Å². The molecule has 0 fully saturated rings. The molecule has 0 aliphatic carbocycles. The van der Waals surface area contributed by atoms with Crippen LogP contribution in [0.2, 0.25) is 10.0 Å². The van der Waals surface area contributed by atoms with Gasteiger partial charge in [0.2, 0.25) is 0 Å². The van der Waals surface area contributed by atoms with E-state index in [0.717, 1.165) is 6.21 Å². The van der Waals surface area contributed by atoms with E-state index in [-0.39, 0.29) is 10.5 Å². The summed E-state index contributed by atoms with van der Waals surface area (Å²) in [6.07, 6.45) is 1.05. The number of benzene rings is 1. The van der Waals surface area contributed by atoms with Gasteiger partial charge in [0.1, 0.15) is 7.85 Å². The maximum absolute atomic E-state index is 7.01. The second-order valence-electron chi connectivity index (χ2n) is 2.23. The third kappa shape index (κ3) is 1.42. The third-order valence-electron chi connectivity index (χ3n) is 1.47. The number of halogens is 2. The van der Waals surface area contributed by atoms with Crippen molar-refractivity contribution in [3.05, 3.63) is 21.7 Å². The average Bonchev–Trinajstić information content (AvgIpc) is 2.01. The molecule has 1 aromatic rings. The molecule has 0 bridgehead atoms. The van der Waals surface area contributed by atoms with Crippen LogP contribution >= 0.6 is 23.2 Å². The second kappa shape index (κ2) is 3.38. The molecule has 0 amide bonds. The van der Waals surface area contributed by atoms with E-state index >= 15 is 0 Å². The van der Waals surface area contributed by atoms with Crippen LogP contribution in [0.1, 0.15) is 5.56 Å². The first-order valence-electron chi connectivity index (χ1n) is 3.11. The lowest BCUT2D eigenvalue weighted by atomic mass is 9.90. The molecule has 0 atom stereocenters. The molecule has 0 spiro atoms. The Hall–Kier alpha value is -0.665. The van der Waals surface area contributed by atoms with E-state index in [1.807, 2.05) is 0 Å². The molecule has 1 aromatic carbocycles. The van der Waals surface area contributed by atoms with Crippen molar-refractivity contribution in [2.75, 3.05) is 5.73 Å². The lowest BCUT2D eigenvalue weighted by molar-refractivity contribution is 1.55. The van der Waals surface area contributed by atoms with E-state index < -0.39 is 0 Å². The van der Waals surface area contributed by atoms with Crippen molar-refractivity contribution in [3.8, 4) is 0 Å². The van der Waals surface area contributed by atoms with Gasteiger partial charge in [0.05, 0.1) is 10.0 Å². The van der Waals surface area contributed by atoms with E-state index in [9.17, 15) is 0 Å². The van der Waals surface area contributed by atoms with Crippen molar-refractivity contribution < 1.29 is 0 Å². The Morgan fingerprint density at radius 2 is 2.08 bits per heavy atom. The zero-order valence-electron chi connectivity index (χ0n) is 6.07. The van der Waals surface area contributed by atoms with Gasteiger partial charge < -0.3 is 11.1 Å². The predicted molar refractivity (Wildman–Crippen MR) is 54.1 cm³/mol. The molecule has 2 nitrogen and oxygen atoms in total.